The maximum atomic E-state index is 3.62. The zero-order valence-corrected chi connectivity index (χ0v) is 12.3. The van der Waals surface area contributed by atoms with Crippen LogP contribution in [0.4, 0.5) is 0 Å². The summed E-state index contributed by atoms with van der Waals surface area (Å²) in [4.78, 5) is 1.36. The van der Waals surface area contributed by atoms with Gasteiger partial charge < -0.3 is 0 Å². The molecule has 0 fully saturated rings. The van der Waals surface area contributed by atoms with E-state index in [0.29, 0.717) is 0 Å². The van der Waals surface area contributed by atoms with E-state index in [2.05, 4.69) is 56.3 Å². The highest BCUT2D eigenvalue weighted by atomic mass is 79.9. The number of thioether (sulfide) groups is 1. The molecule has 2 aromatic rings. The number of hydrogen-bond acceptors (Lipinski definition) is 2. The molecule has 0 saturated carbocycles. The molecule has 0 aliphatic carbocycles. The Morgan fingerprint density at radius 3 is 2.86 bits per heavy atom. The van der Waals surface area contributed by atoms with Gasteiger partial charge in [0.25, 0.3) is 0 Å². The van der Waals surface area contributed by atoms with E-state index in [1.165, 1.54) is 24.3 Å². The summed E-state index contributed by atoms with van der Waals surface area (Å²) in [5.41, 5.74) is 1.37. The summed E-state index contributed by atoms with van der Waals surface area (Å²) in [6.45, 7) is 0. The SMILES string of the molecule is CSc1c(Br)sc2cccc(CBr)c12. The van der Waals surface area contributed by atoms with Crippen LogP contribution in [0.15, 0.2) is 26.9 Å². The Labute approximate surface area is 108 Å². The Balaban J connectivity index is 2.82. The molecule has 0 radical (unpaired) electrons. The van der Waals surface area contributed by atoms with Gasteiger partial charge in [0.2, 0.25) is 0 Å². The molecule has 1 heterocycles. The third kappa shape index (κ3) is 1.77. The number of alkyl halides is 1. The third-order valence-corrected chi connectivity index (χ3v) is 5.70. The van der Waals surface area contributed by atoms with Crippen LogP contribution < -0.4 is 0 Å². The van der Waals surface area contributed by atoms with Gasteiger partial charge in [0.15, 0.2) is 0 Å². The lowest BCUT2D eigenvalue weighted by Gasteiger charge is -2.00. The van der Waals surface area contributed by atoms with Crippen molar-refractivity contribution < 1.29 is 0 Å². The summed E-state index contributed by atoms with van der Waals surface area (Å²) in [7, 11) is 0. The van der Waals surface area contributed by atoms with Crippen LogP contribution in [0.3, 0.4) is 0 Å². The Morgan fingerprint density at radius 1 is 1.43 bits per heavy atom. The van der Waals surface area contributed by atoms with E-state index in [0.717, 1.165) is 5.33 Å². The highest BCUT2D eigenvalue weighted by molar-refractivity contribution is 9.11. The minimum Gasteiger partial charge on any atom is -0.127 e. The minimum absolute atomic E-state index is 0.918. The first-order chi connectivity index (χ1) is 6.77. The second-order valence-corrected chi connectivity index (χ2v) is 6.58. The minimum atomic E-state index is 0.918. The van der Waals surface area contributed by atoms with Crippen LogP contribution in [0, 0.1) is 0 Å². The van der Waals surface area contributed by atoms with Crippen LogP contribution >= 0.6 is 55.0 Å². The summed E-state index contributed by atoms with van der Waals surface area (Å²) in [5.74, 6) is 0. The highest BCUT2D eigenvalue weighted by Crippen LogP contribution is 2.42. The van der Waals surface area contributed by atoms with Crippen molar-refractivity contribution in [3.05, 3.63) is 27.5 Å². The molecule has 0 nitrogen and oxygen atoms in total. The van der Waals surface area contributed by atoms with Gasteiger partial charge in [-0.05, 0) is 33.8 Å². The van der Waals surface area contributed by atoms with E-state index >= 15 is 0 Å². The van der Waals surface area contributed by atoms with Crippen LogP contribution in [-0.2, 0) is 5.33 Å². The van der Waals surface area contributed by atoms with Gasteiger partial charge in [-0.15, -0.1) is 23.1 Å². The fraction of sp³-hybridized carbons (Fsp3) is 0.200. The lowest BCUT2D eigenvalue weighted by atomic mass is 10.1. The van der Waals surface area contributed by atoms with Crippen molar-refractivity contribution in [2.75, 3.05) is 6.26 Å². The van der Waals surface area contributed by atoms with Gasteiger partial charge in [-0.25, -0.2) is 0 Å². The molecule has 0 saturated heterocycles. The van der Waals surface area contributed by atoms with Crippen molar-refractivity contribution in [2.24, 2.45) is 0 Å². The van der Waals surface area contributed by atoms with Crippen LogP contribution in [0.2, 0.25) is 0 Å². The zero-order valence-electron chi connectivity index (χ0n) is 7.51. The number of thiophene rings is 1. The molecule has 0 aliphatic rings. The smallest absolute Gasteiger partial charge is 0.0846 e. The summed E-state index contributed by atoms with van der Waals surface area (Å²) >= 11 is 10.8. The molecule has 0 amide bonds. The number of halogens is 2. The Hall–Kier alpha value is 0.490. The standard InChI is InChI=1S/C10H8Br2S2/c1-13-9-8-6(5-11)3-2-4-7(8)14-10(9)12/h2-4H,5H2,1H3. The Bertz CT molecular complexity index is 462. The average Bonchev–Trinajstić information content (AvgIpc) is 2.52. The normalized spacial score (nSPS) is 11.1. The quantitative estimate of drug-likeness (QED) is 0.523. The maximum Gasteiger partial charge on any atom is 0.0846 e. The summed E-state index contributed by atoms with van der Waals surface area (Å²) in [6, 6.07) is 6.47. The van der Waals surface area contributed by atoms with Crippen LogP contribution in [0.1, 0.15) is 5.56 Å². The van der Waals surface area contributed by atoms with Crippen molar-refractivity contribution in [3.63, 3.8) is 0 Å². The van der Waals surface area contributed by atoms with Crippen molar-refractivity contribution in [3.8, 4) is 0 Å². The van der Waals surface area contributed by atoms with Gasteiger partial charge in [-0.3, -0.25) is 0 Å². The molecule has 0 spiro atoms. The molecule has 14 heavy (non-hydrogen) atoms. The molecule has 0 N–H and O–H groups in total. The Morgan fingerprint density at radius 2 is 2.21 bits per heavy atom. The molecular formula is C10H8Br2S2. The molecule has 0 aliphatic heterocycles. The monoisotopic (exact) mass is 350 g/mol. The van der Waals surface area contributed by atoms with Gasteiger partial charge in [0, 0.05) is 20.3 Å². The van der Waals surface area contributed by atoms with E-state index in [1.807, 2.05) is 11.3 Å². The van der Waals surface area contributed by atoms with Crippen molar-refractivity contribution in [2.45, 2.75) is 10.2 Å². The topological polar surface area (TPSA) is 0 Å². The maximum absolute atomic E-state index is 3.62. The highest BCUT2D eigenvalue weighted by Gasteiger charge is 2.11. The van der Waals surface area contributed by atoms with Gasteiger partial charge in [0.1, 0.15) is 0 Å². The summed E-state index contributed by atoms with van der Waals surface area (Å²) < 4.78 is 2.60. The van der Waals surface area contributed by atoms with Crippen molar-refractivity contribution in [1.82, 2.24) is 0 Å². The van der Waals surface area contributed by atoms with E-state index in [-0.39, 0.29) is 0 Å². The van der Waals surface area contributed by atoms with Crippen molar-refractivity contribution >= 4 is 65.0 Å². The fourth-order valence-electron chi connectivity index (χ4n) is 1.45. The number of benzene rings is 1. The van der Waals surface area contributed by atoms with E-state index in [1.54, 1.807) is 11.8 Å². The van der Waals surface area contributed by atoms with E-state index < -0.39 is 0 Å². The van der Waals surface area contributed by atoms with Gasteiger partial charge >= 0.3 is 0 Å². The Kier molecular flexibility index (Phi) is 3.58. The fourth-order valence-corrected chi connectivity index (χ4v) is 5.04. The first-order valence-corrected chi connectivity index (χ1v) is 8.03. The van der Waals surface area contributed by atoms with Crippen LogP contribution in [0.25, 0.3) is 10.1 Å². The van der Waals surface area contributed by atoms with Crippen LogP contribution in [-0.4, -0.2) is 6.26 Å². The number of rotatable bonds is 2. The number of hydrogen-bond donors (Lipinski definition) is 0. The first kappa shape index (κ1) is 11.0. The predicted octanol–water partition coefficient (Wildman–Crippen LogP) is 5.28. The molecule has 74 valence electrons. The van der Waals surface area contributed by atoms with Gasteiger partial charge in [0.05, 0.1) is 3.79 Å². The summed E-state index contributed by atoms with van der Waals surface area (Å²) in [6.07, 6.45) is 2.12. The molecule has 0 bridgehead atoms. The third-order valence-electron chi connectivity index (χ3n) is 2.07. The molecule has 1 aromatic carbocycles. The molecule has 1 aromatic heterocycles. The lowest BCUT2D eigenvalue weighted by molar-refractivity contribution is 1.46. The zero-order chi connectivity index (χ0) is 10.1. The second kappa shape index (κ2) is 4.56. The first-order valence-electron chi connectivity index (χ1n) is 4.07. The molecule has 0 unspecified atom stereocenters. The molecular weight excluding hydrogens is 344 g/mol. The largest absolute Gasteiger partial charge is 0.127 e. The predicted molar refractivity (Wildman–Crippen MR) is 73.9 cm³/mol. The number of fused-ring (bicyclic) bond motifs is 1. The molecule has 2 rings (SSSR count). The average molecular weight is 352 g/mol. The lowest BCUT2D eigenvalue weighted by Crippen LogP contribution is -1.78. The van der Waals surface area contributed by atoms with E-state index in [4.69, 9.17) is 0 Å². The van der Waals surface area contributed by atoms with Gasteiger partial charge in [-0.2, -0.15) is 0 Å². The van der Waals surface area contributed by atoms with Crippen LogP contribution in [0.5, 0.6) is 0 Å². The molecule has 4 heteroatoms. The van der Waals surface area contributed by atoms with Gasteiger partial charge in [-0.1, -0.05) is 28.1 Å². The van der Waals surface area contributed by atoms with Crippen molar-refractivity contribution in [1.29, 1.82) is 0 Å². The second-order valence-electron chi connectivity index (χ2n) is 2.83. The molecule has 0 atom stereocenters. The summed E-state index contributed by atoms with van der Waals surface area (Å²) in [5, 5.41) is 2.31. The van der Waals surface area contributed by atoms with E-state index in [9.17, 15) is 0 Å².